The van der Waals surface area contributed by atoms with Crippen molar-refractivity contribution < 1.29 is 9.59 Å². The van der Waals surface area contributed by atoms with Gasteiger partial charge in [-0.05, 0) is 12.1 Å². The van der Waals surface area contributed by atoms with Crippen molar-refractivity contribution >= 4 is 34.8 Å². The third kappa shape index (κ3) is 3.53. The van der Waals surface area contributed by atoms with Crippen LogP contribution in [-0.2, 0) is 9.59 Å². The molecular weight excluding hydrogens is 244 g/mol. The lowest BCUT2D eigenvalue weighted by atomic mass is 10.2. The molecule has 0 aliphatic rings. The molecule has 1 aromatic rings. The summed E-state index contributed by atoms with van der Waals surface area (Å²) in [5.74, 6) is -1.18. The third-order valence-corrected chi connectivity index (χ3v) is 2.39. The minimum Gasteiger partial charge on any atom is -0.396 e. The van der Waals surface area contributed by atoms with Crippen molar-refractivity contribution in [3.05, 3.63) is 23.2 Å². The molecule has 0 fully saturated rings. The number of nitrogen functional groups attached to an aromatic ring is 1. The van der Waals surface area contributed by atoms with Crippen molar-refractivity contribution in [2.75, 3.05) is 23.7 Å². The summed E-state index contributed by atoms with van der Waals surface area (Å²) in [4.78, 5) is 23.2. The van der Waals surface area contributed by atoms with Crippen molar-refractivity contribution in [1.29, 1.82) is 0 Å². The van der Waals surface area contributed by atoms with Crippen LogP contribution in [0.4, 0.5) is 11.4 Å². The Kier molecular flexibility index (Phi) is 4.17. The molecule has 0 saturated heterocycles. The molecule has 6 N–H and O–H groups in total. The van der Waals surface area contributed by atoms with Crippen LogP contribution < -0.4 is 22.1 Å². The van der Waals surface area contributed by atoms with E-state index in [-0.39, 0.29) is 18.8 Å². The molecule has 17 heavy (non-hydrogen) atoms. The smallest absolute Gasteiger partial charge is 0.236 e. The highest BCUT2D eigenvalue weighted by atomic mass is 35.5. The number of carbonyl (C=O) groups excluding carboxylic acids is 2. The second kappa shape index (κ2) is 5.40. The van der Waals surface area contributed by atoms with E-state index in [1.54, 1.807) is 18.2 Å². The maximum Gasteiger partial charge on any atom is 0.236 e. The standard InChI is InChI=1S/C10H13ClN4O2/c11-6-2-1-3-7(10(6)14)15(4-8(12)16)5-9(13)17/h1-3H,4-5,14H2,(H2,12,16)(H2,13,17). The lowest BCUT2D eigenvalue weighted by molar-refractivity contribution is -0.117. The molecule has 0 saturated carbocycles. The zero-order valence-corrected chi connectivity index (χ0v) is 9.78. The van der Waals surface area contributed by atoms with Crippen LogP contribution in [0, 0.1) is 0 Å². The minimum absolute atomic E-state index is 0.159. The van der Waals surface area contributed by atoms with Crippen LogP contribution in [-0.4, -0.2) is 24.9 Å². The molecule has 0 radical (unpaired) electrons. The summed E-state index contributed by atoms with van der Waals surface area (Å²) in [7, 11) is 0. The van der Waals surface area contributed by atoms with Crippen LogP contribution in [0.2, 0.25) is 5.02 Å². The Morgan fingerprint density at radius 3 is 2.18 bits per heavy atom. The van der Waals surface area contributed by atoms with E-state index in [2.05, 4.69) is 0 Å². The molecule has 0 aromatic heterocycles. The number of rotatable bonds is 5. The van der Waals surface area contributed by atoms with Gasteiger partial charge in [0.25, 0.3) is 0 Å². The third-order valence-electron chi connectivity index (χ3n) is 2.06. The van der Waals surface area contributed by atoms with E-state index in [1.807, 2.05) is 0 Å². The molecule has 0 spiro atoms. The molecule has 7 heteroatoms. The second-order valence-corrected chi connectivity index (χ2v) is 3.87. The van der Waals surface area contributed by atoms with E-state index in [1.165, 1.54) is 4.90 Å². The number of hydrogen-bond donors (Lipinski definition) is 3. The van der Waals surface area contributed by atoms with Crippen LogP contribution in [0.5, 0.6) is 0 Å². The fourth-order valence-corrected chi connectivity index (χ4v) is 1.57. The Morgan fingerprint density at radius 1 is 1.18 bits per heavy atom. The Morgan fingerprint density at radius 2 is 1.71 bits per heavy atom. The molecular formula is C10H13ClN4O2. The zero-order chi connectivity index (χ0) is 13.0. The van der Waals surface area contributed by atoms with Gasteiger partial charge in [-0.2, -0.15) is 0 Å². The Hall–Kier alpha value is -1.95. The van der Waals surface area contributed by atoms with Crippen molar-refractivity contribution in [2.24, 2.45) is 11.5 Å². The molecule has 1 aromatic carbocycles. The number of halogens is 1. The lowest BCUT2D eigenvalue weighted by Gasteiger charge is -2.23. The van der Waals surface area contributed by atoms with Gasteiger partial charge in [0.05, 0.1) is 29.5 Å². The molecule has 0 heterocycles. The lowest BCUT2D eigenvalue weighted by Crippen LogP contribution is -2.40. The number of amides is 2. The number of anilines is 2. The first-order valence-corrected chi connectivity index (χ1v) is 5.15. The van der Waals surface area contributed by atoms with Gasteiger partial charge in [-0.1, -0.05) is 17.7 Å². The normalized spacial score (nSPS) is 9.94. The van der Waals surface area contributed by atoms with E-state index >= 15 is 0 Å². The second-order valence-electron chi connectivity index (χ2n) is 3.46. The molecule has 2 amide bonds. The van der Waals surface area contributed by atoms with Crippen LogP contribution >= 0.6 is 11.6 Å². The van der Waals surface area contributed by atoms with E-state index in [0.717, 1.165) is 0 Å². The van der Waals surface area contributed by atoms with E-state index in [4.69, 9.17) is 28.8 Å². The quantitative estimate of drug-likeness (QED) is 0.627. The number of nitrogens with two attached hydrogens (primary N) is 3. The summed E-state index contributed by atoms with van der Waals surface area (Å²) in [5, 5.41) is 0.335. The maximum absolute atomic E-state index is 10.9. The van der Waals surface area contributed by atoms with E-state index in [0.29, 0.717) is 10.7 Å². The average Bonchev–Trinajstić information content (AvgIpc) is 2.19. The Bertz CT molecular complexity index is 434. The number of benzene rings is 1. The summed E-state index contributed by atoms with van der Waals surface area (Å²) in [6, 6.07) is 4.89. The van der Waals surface area contributed by atoms with Gasteiger partial charge in [-0.25, -0.2) is 0 Å². The topological polar surface area (TPSA) is 115 Å². The molecule has 0 aliphatic heterocycles. The van der Waals surface area contributed by atoms with Crippen molar-refractivity contribution in [2.45, 2.75) is 0 Å². The minimum atomic E-state index is -0.592. The van der Waals surface area contributed by atoms with Crippen molar-refractivity contribution in [1.82, 2.24) is 0 Å². The zero-order valence-electron chi connectivity index (χ0n) is 9.02. The fourth-order valence-electron chi connectivity index (χ4n) is 1.40. The Balaban J connectivity index is 3.07. The molecule has 92 valence electrons. The molecule has 0 unspecified atom stereocenters. The summed E-state index contributed by atoms with van der Waals surface area (Å²) in [5.41, 5.74) is 16.7. The predicted octanol–water partition coefficient (Wildman–Crippen LogP) is -0.301. The Labute approximate surface area is 103 Å². The van der Waals surface area contributed by atoms with Gasteiger partial charge in [-0.3, -0.25) is 9.59 Å². The summed E-state index contributed by atoms with van der Waals surface area (Å²) in [6.45, 7) is -0.318. The highest BCUT2D eigenvalue weighted by molar-refractivity contribution is 6.33. The summed E-state index contributed by atoms with van der Waals surface area (Å²) in [6.07, 6.45) is 0. The van der Waals surface area contributed by atoms with Crippen LogP contribution in [0.1, 0.15) is 0 Å². The largest absolute Gasteiger partial charge is 0.396 e. The van der Waals surface area contributed by atoms with Gasteiger partial charge < -0.3 is 22.1 Å². The van der Waals surface area contributed by atoms with Gasteiger partial charge in [0.2, 0.25) is 11.8 Å². The highest BCUT2D eigenvalue weighted by Gasteiger charge is 2.15. The summed E-state index contributed by atoms with van der Waals surface area (Å²) >= 11 is 5.85. The summed E-state index contributed by atoms with van der Waals surface area (Å²) < 4.78 is 0. The van der Waals surface area contributed by atoms with Gasteiger partial charge in [0, 0.05) is 0 Å². The average molecular weight is 257 g/mol. The predicted molar refractivity (Wildman–Crippen MR) is 66.5 cm³/mol. The molecule has 6 nitrogen and oxygen atoms in total. The van der Waals surface area contributed by atoms with Gasteiger partial charge in [0.1, 0.15) is 0 Å². The molecule has 1 rings (SSSR count). The number of primary amides is 2. The number of carbonyl (C=O) groups is 2. The number of para-hydroxylation sites is 1. The monoisotopic (exact) mass is 256 g/mol. The van der Waals surface area contributed by atoms with Crippen LogP contribution in [0.25, 0.3) is 0 Å². The van der Waals surface area contributed by atoms with Crippen molar-refractivity contribution in [3.63, 3.8) is 0 Å². The maximum atomic E-state index is 10.9. The highest BCUT2D eigenvalue weighted by Crippen LogP contribution is 2.29. The van der Waals surface area contributed by atoms with Gasteiger partial charge >= 0.3 is 0 Å². The molecule has 0 aliphatic carbocycles. The van der Waals surface area contributed by atoms with Gasteiger partial charge in [0.15, 0.2) is 0 Å². The molecule has 0 atom stereocenters. The van der Waals surface area contributed by atoms with Crippen LogP contribution in [0.15, 0.2) is 18.2 Å². The van der Waals surface area contributed by atoms with E-state index < -0.39 is 11.8 Å². The van der Waals surface area contributed by atoms with Gasteiger partial charge in [-0.15, -0.1) is 0 Å². The number of nitrogens with zero attached hydrogens (tertiary/aromatic N) is 1. The first kappa shape index (κ1) is 13.1. The number of hydrogen-bond acceptors (Lipinski definition) is 4. The SMILES string of the molecule is NC(=O)CN(CC(N)=O)c1cccc(Cl)c1N. The first-order valence-electron chi connectivity index (χ1n) is 4.77. The molecule has 0 bridgehead atoms. The van der Waals surface area contributed by atoms with E-state index in [9.17, 15) is 9.59 Å². The van der Waals surface area contributed by atoms with Crippen LogP contribution in [0.3, 0.4) is 0 Å². The first-order chi connectivity index (χ1) is 7.91. The fraction of sp³-hybridized carbons (Fsp3) is 0.200. The van der Waals surface area contributed by atoms with Crippen molar-refractivity contribution in [3.8, 4) is 0 Å².